The fraction of sp³-hybridized carbons (Fsp3) is 0.278. The van der Waals surface area contributed by atoms with Crippen LogP contribution in [0.2, 0.25) is 5.02 Å². The summed E-state index contributed by atoms with van der Waals surface area (Å²) >= 11 is 6.28. The minimum atomic E-state index is -0.803. The van der Waals surface area contributed by atoms with Crippen LogP contribution in [0.4, 0.5) is 0 Å². The predicted molar refractivity (Wildman–Crippen MR) is 95.4 cm³/mol. The van der Waals surface area contributed by atoms with Crippen LogP contribution < -0.4 is 15.7 Å². The highest BCUT2D eigenvalue weighted by molar-refractivity contribution is 6.32. The maximum atomic E-state index is 12.2. The molecule has 0 saturated carbocycles. The summed E-state index contributed by atoms with van der Waals surface area (Å²) in [6.45, 7) is 5.39. The zero-order valence-corrected chi connectivity index (χ0v) is 15.2. The van der Waals surface area contributed by atoms with Crippen LogP contribution in [-0.4, -0.2) is 17.2 Å². The summed E-state index contributed by atoms with van der Waals surface area (Å²) in [6, 6.07) is 3.19. The molecule has 26 heavy (non-hydrogen) atoms. The van der Waals surface area contributed by atoms with E-state index in [-0.39, 0.29) is 18.2 Å². The van der Waals surface area contributed by atoms with Crippen molar-refractivity contribution in [3.63, 3.8) is 0 Å². The summed E-state index contributed by atoms with van der Waals surface area (Å²) in [5.74, 6) is -0.0675. The largest absolute Gasteiger partial charge is 0.479 e. The molecule has 136 valence electrons. The second-order valence-electron chi connectivity index (χ2n) is 5.93. The van der Waals surface area contributed by atoms with Gasteiger partial charge in [0.05, 0.1) is 11.2 Å². The van der Waals surface area contributed by atoms with Crippen molar-refractivity contribution in [2.24, 2.45) is 0 Å². The molecule has 1 unspecified atom stereocenters. The summed E-state index contributed by atoms with van der Waals surface area (Å²) in [5.41, 5.74) is 2.01. The van der Waals surface area contributed by atoms with Crippen LogP contribution >= 0.6 is 11.6 Å². The Morgan fingerprint density at radius 2 is 2.12 bits per heavy atom. The molecule has 1 atom stereocenters. The van der Waals surface area contributed by atoms with E-state index < -0.39 is 11.7 Å². The van der Waals surface area contributed by atoms with E-state index in [0.29, 0.717) is 16.2 Å². The molecule has 0 saturated heterocycles. The molecule has 0 spiro atoms. The van der Waals surface area contributed by atoms with E-state index in [0.717, 1.165) is 16.5 Å². The minimum absolute atomic E-state index is 0.262. The lowest BCUT2D eigenvalue weighted by atomic mass is 10.1. The maximum absolute atomic E-state index is 12.2. The average molecular weight is 377 g/mol. The number of hydrogen-bond donors (Lipinski definition) is 1. The number of rotatable bonds is 5. The SMILES string of the molecule is Cc1c(C)c2cc(Cl)c(OC(C)C(=O)NCc3cnoc3)cc2oc1=O. The molecular weight excluding hydrogens is 360 g/mol. The fourth-order valence-corrected chi connectivity index (χ4v) is 2.63. The predicted octanol–water partition coefficient (Wildman–Crippen LogP) is 3.13. The summed E-state index contributed by atoms with van der Waals surface area (Å²) in [4.78, 5) is 24.0. The number of aryl methyl sites for hydroxylation is 1. The first-order valence-electron chi connectivity index (χ1n) is 7.93. The quantitative estimate of drug-likeness (QED) is 0.687. The molecule has 2 heterocycles. The first-order chi connectivity index (χ1) is 12.4. The van der Waals surface area contributed by atoms with Gasteiger partial charge in [0.15, 0.2) is 6.10 Å². The third-order valence-corrected chi connectivity index (χ3v) is 4.43. The topological polar surface area (TPSA) is 94.6 Å². The van der Waals surface area contributed by atoms with Crippen LogP contribution in [-0.2, 0) is 11.3 Å². The molecule has 2 aromatic heterocycles. The first-order valence-corrected chi connectivity index (χ1v) is 8.30. The molecule has 0 bridgehead atoms. The minimum Gasteiger partial charge on any atom is -0.479 e. The van der Waals surface area contributed by atoms with E-state index in [9.17, 15) is 9.59 Å². The molecule has 0 aliphatic carbocycles. The number of nitrogens with zero attached hydrogens (tertiary/aromatic N) is 1. The molecular formula is C18H17ClN2O5. The van der Waals surface area contributed by atoms with Gasteiger partial charge in [-0.2, -0.15) is 0 Å². The van der Waals surface area contributed by atoms with Gasteiger partial charge in [0.2, 0.25) is 0 Å². The monoisotopic (exact) mass is 376 g/mol. The molecule has 8 heteroatoms. The Balaban J connectivity index is 1.79. The Kier molecular flexibility index (Phi) is 4.99. The lowest BCUT2D eigenvalue weighted by Crippen LogP contribution is -2.35. The number of ether oxygens (including phenoxy) is 1. The number of carbonyl (C=O) groups is 1. The number of aromatic nitrogens is 1. The lowest BCUT2D eigenvalue weighted by Gasteiger charge is -2.16. The lowest BCUT2D eigenvalue weighted by molar-refractivity contribution is -0.127. The Labute approximate surface area is 153 Å². The van der Waals surface area contributed by atoms with Gasteiger partial charge in [0.25, 0.3) is 5.91 Å². The van der Waals surface area contributed by atoms with Crippen molar-refractivity contribution in [2.75, 3.05) is 0 Å². The average Bonchev–Trinajstić information content (AvgIpc) is 3.13. The number of carbonyl (C=O) groups excluding carboxylic acids is 1. The second-order valence-corrected chi connectivity index (χ2v) is 6.34. The van der Waals surface area contributed by atoms with Crippen molar-refractivity contribution in [2.45, 2.75) is 33.4 Å². The van der Waals surface area contributed by atoms with Crippen molar-refractivity contribution in [1.29, 1.82) is 0 Å². The van der Waals surface area contributed by atoms with Crippen LogP contribution in [0.25, 0.3) is 11.0 Å². The molecule has 1 amide bonds. The smallest absolute Gasteiger partial charge is 0.339 e. The third kappa shape index (κ3) is 3.57. The molecule has 3 rings (SSSR count). The van der Waals surface area contributed by atoms with Gasteiger partial charge in [-0.1, -0.05) is 16.8 Å². The highest BCUT2D eigenvalue weighted by atomic mass is 35.5. The van der Waals surface area contributed by atoms with Crippen LogP contribution in [0.5, 0.6) is 5.75 Å². The summed E-state index contributed by atoms with van der Waals surface area (Å²) < 4.78 is 15.6. The highest BCUT2D eigenvalue weighted by Crippen LogP contribution is 2.32. The molecule has 1 N–H and O–H groups in total. The van der Waals surface area contributed by atoms with E-state index >= 15 is 0 Å². The maximum Gasteiger partial charge on any atom is 0.339 e. The zero-order valence-electron chi connectivity index (χ0n) is 14.5. The van der Waals surface area contributed by atoms with Gasteiger partial charge in [-0.15, -0.1) is 0 Å². The normalized spacial score (nSPS) is 12.2. The molecule has 0 aliphatic rings. The first kappa shape index (κ1) is 18.0. The third-order valence-electron chi connectivity index (χ3n) is 4.13. The fourth-order valence-electron chi connectivity index (χ4n) is 2.42. The number of amides is 1. The number of halogens is 1. The van der Waals surface area contributed by atoms with Gasteiger partial charge in [0.1, 0.15) is 17.6 Å². The summed E-state index contributed by atoms with van der Waals surface area (Å²) in [5, 5.41) is 7.32. The van der Waals surface area contributed by atoms with Crippen molar-refractivity contribution in [1.82, 2.24) is 10.5 Å². The molecule has 7 nitrogen and oxygen atoms in total. The van der Waals surface area contributed by atoms with E-state index in [1.54, 1.807) is 19.9 Å². The molecule has 0 fully saturated rings. The Morgan fingerprint density at radius 1 is 1.35 bits per heavy atom. The Morgan fingerprint density at radius 3 is 2.81 bits per heavy atom. The summed E-state index contributed by atoms with van der Waals surface area (Å²) in [6.07, 6.45) is 2.15. The summed E-state index contributed by atoms with van der Waals surface area (Å²) in [7, 11) is 0. The van der Waals surface area contributed by atoms with Crippen LogP contribution in [0.15, 0.2) is 38.3 Å². The van der Waals surface area contributed by atoms with E-state index in [4.69, 9.17) is 25.3 Å². The zero-order chi connectivity index (χ0) is 18.8. The van der Waals surface area contributed by atoms with E-state index in [1.807, 2.05) is 6.92 Å². The van der Waals surface area contributed by atoms with Crippen molar-refractivity contribution in [3.8, 4) is 5.75 Å². The molecule has 3 aromatic rings. The standard InChI is InChI=1S/C18H17ClN2O5/c1-9-10(2)18(23)26-15-5-16(14(19)4-13(9)15)25-11(3)17(22)20-6-12-7-21-24-8-12/h4-5,7-8,11H,6H2,1-3H3,(H,20,22). The van der Waals surface area contributed by atoms with Crippen LogP contribution in [0.1, 0.15) is 23.6 Å². The number of fused-ring (bicyclic) bond motifs is 1. The number of nitrogens with one attached hydrogen (secondary N) is 1. The molecule has 0 radical (unpaired) electrons. The number of benzene rings is 1. The van der Waals surface area contributed by atoms with Crippen molar-refractivity contribution < 1.29 is 18.5 Å². The molecule has 1 aromatic carbocycles. The van der Waals surface area contributed by atoms with Gasteiger partial charge >= 0.3 is 5.63 Å². The number of hydrogen-bond acceptors (Lipinski definition) is 6. The van der Waals surface area contributed by atoms with Gasteiger partial charge < -0.3 is 19.0 Å². The van der Waals surface area contributed by atoms with Crippen molar-refractivity contribution in [3.05, 3.63) is 56.7 Å². The molecule has 0 aliphatic heterocycles. The van der Waals surface area contributed by atoms with Crippen molar-refractivity contribution >= 4 is 28.5 Å². The van der Waals surface area contributed by atoms with Gasteiger partial charge in [0, 0.05) is 29.1 Å². The van der Waals surface area contributed by atoms with Crippen LogP contribution in [0.3, 0.4) is 0 Å². The van der Waals surface area contributed by atoms with E-state index in [2.05, 4.69) is 10.5 Å². The highest BCUT2D eigenvalue weighted by Gasteiger charge is 2.18. The van der Waals surface area contributed by atoms with Crippen LogP contribution in [0, 0.1) is 13.8 Å². The van der Waals surface area contributed by atoms with Gasteiger partial charge in [-0.25, -0.2) is 4.79 Å². The van der Waals surface area contributed by atoms with Gasteiger partial charge in [-0.3, -0.25) is 4.79 Å². The Hall–Kier alpha value is -2.80. The Bertz CT molecular complexity index is 1010. The second kappa shape index (κ2) is 7.21. The van der Waals surface area contributed by atoms with Gasteiger partial charge in [-0.05, 0) is 32.4 Å². The van der Waals surface area contributed by atoms with E-state index in [1.165, 1.54) is 18.5 Å².